The number of thiazole rings is 1. The summed E-state index contributed by atoms with van der Waals surface area (Å²) in [5.74, 6) is 0.118. The van der Waals surface area contributed by atoms with E-state index in [0.717, 1.165) is 17.2 Å². The molecule has 0 bridgehead atoms. The van der Waals surface area contributed by atoms with Gasteiger partial charge in [0, 0.05) is 10.6 Å². The second-order valence-electron chi connectivity index (χ2n) is 5.08. The van der Waals surface area contributed by atoms with Crippen molar-refractivity contribution in [1.82, 2.24) is 4.98 Å². The predicted octanol–water partition coefficient (Wildman–Crippen LogP) is 4.23. The average molecular weight is 298 g/mol. The van der Waals surface area contributed by atoms with Crippen molar-refractivity contribution in [3.05, 3.63) is 11.1 Å². The summed E-state index contributed by atoms with van der Waals surface area (Å²) in [6, 6.07) is 0. The lowest BCUT2D eigenvalue weighted by atomic mass is 10.0. The lowest BCUT2D eigenvalue weighted by Gasteiger charge is -2.24. The quantitative estimate of drug-likeness (QED) is 0.884. The fourth-order valence-corrected chi connectivity index (χ4v) is 4.51. The van der Waals surface area contributed by atoms with Crippen molar-refractivity contribution in [1.29, 1.82) is 0 Å². The van der Waals surface area contributed by atoms with Gasteiger partial charge >= 0.3 is 0 Å². The van der Waals surface area contributed by atoms with Gasteiger partial charge in [-0.2, -0.15) is 0 Å². The molecule has 1 fully saturated rings. The first kappa shape index (κ1) is 14.9. The van der Waals surface area contributed by atoms with E-state index in [2.05, 4.69) is 17.2 Å². The fraction of sp³-hybridized carbons (Fsp3) is 0.714. The molecule has 3 nitrogen and oxygen atoms in total. The summed E-state index contributed by atoms with van der Waals surface area (Å²) in [6.45, 7) is 4.04. The first-order chi connectivity index (χ1) is 9.19. The van der Waals surface area contributed by atoms with Crippen LogP contribution in [0.3, 0.4) is 0 Å². The third-order valence-electron chi connectivity index (χ3n) is 3.42. The Bertz CT molecular complexity index is 413. The van der Waals surface area contributed by atoms with Gasteiger partial charge in [0.25, 0.3) is 0 Å². The largest absolute Gasteiger partial charge is 0.301 e. The number of amides is 1. The summed E-state index contributed by atoms with van der Waals surface area (Å²) in [7, 11) is 0. The molecule has 1 aliphatic carbocycles. The van der Waals surface area contributed by atoms with Crippen molar-refractivity contribution in [3.63, 3.8) is 0 Å². The van der Waals surface area contributed by atoms with E-state index < -0.39 is 0 Å². The van der Waals surface area contributed by atoms with Gasteiger partial charge in [-0.25, -0.2) is 4.98 Å². The maximum atomic E-state index is 12.3. The van der Waals surface area contributed by atoms with Gasteiger partial charge in [0.05, 0.1) is 10.9 Å². The maximum Gasteiger partial charge on any atom is 0.239 e. The van der Waals surface area contributed by atoms with Crippen LogP contribution in [0.25, 0.3) is 0 Å². The molecular formula is C14H22N2OS2. The molecule has 5 heteroatoms. The molecule has 1 aromatic heterocycles. The lowest BCUT2D eigenvalue weighted by Crippen LogP contribution is -2.27. The zero-order chi connectivity index (χ0) is 13.7. The van der Waals surface area contributed by atoms with Gasteiger partial charge in [0.15, 0.2) is 5.13 Å². The Morgan fingerprint density at radius 1 is 1.53 bits per heavy atom. The summed E-state index contributed by atoms with van der Waals surface area (Å²) in [4.78, 5) is 16.6. The molecule has 0 saturated heterocycles. The van der Waals surface area contributed by atoms with Gasteiger partial charge < -0.3 is 5.32 Å². The fourth-order valence-electron chi connectivity index (χ4n) is 2.37. The Hall–Kier alpha value is -0.550. The molecule has 0 aromatic carbocycles. The third-order valence-corrected chi connectivity index (χ3v) is 6.03. The van der Waals surface area contributed by atoms with Crippen LogP contribution in [0.1, 0.15) is 51.1 Å². The molecule has 0 radical (unpaired) electrons. The highest BCUT2D eigenvalue weighted by Crippen LogP contribution is 2.32. The minimum atomic E-state index is 0.0623. The molecule has 106 valence electrons. The maximum absolute atomic E-state index is 12.3. The number of aryl methyl sites for hydroxylation is 1. The van der Waals surface area contributed by atoms with Crippen molar-refractivity contribution in [2.75, 3.05) is 5.32 Å². The zero-order valence-electron chi connectivity index (χ0n) is 11.6. The minimum Gasteiger partial charge on any atom is -0.301 e. The van der Waals surface area contributed by atoms with E-state index in [1.165, 1.54) is 43.4 Å². The molecule has 1 aromatic rings. The summed E-state index contributed by atoms with van der Waals surface area (Å²) in [6.07, 6.45) is 7.42. The van der Waals surface area contributed by atoms with E-state index in [4.69, 9.17) is 0 Å². The van der Waals surface area contributed by atoms with Gasteiger partial charge in [-0.3, -0.25) is 4.79 Å². The summed E-state index contributed by atoms with van der Waals surface area (Å²) >= 11 is 3.36. The Morgan fingerprint density at radius 2 is 2.26 bits per heavy atom. The highest BCUT2D eigenvalue weighted by molar-refractivity contribution is 8.01. The van der Waals surface area contributed by atoms with Crippen LogP contribution in [0, 0.1) is 6.92 Å². The summed E-state index contributed by atoms with van der Waals surface area (Å²) < 4.78 is 0. The van der Waals surface area contributed by atoms with Crippen LogP contribution < -0.4 is 5.32 Å². The van der Waals surface area contributed by atoms with Gasteiger partial charge in [0.1, 0.15) is 0 Å². The highest BCUT2D eigenvalue weighted by Gasteiger charge is 2.24. The summed E-state index contributed by atoms with van der Waals surface area (Å²) in [5, 5.41) is 6.37. The van der Waals surface area contributed by atoms with Crippen molar-refractivity contribution in [2.45, 2.75) is 62.9 Å². The number of aromatic nitrogens is 1. The van der Waals surface area contributed by atoms with Crippen LogP contribution in [0.5, 0.6) is 0 Å². The monoisotopic (exact) mass is 298 g/mol. The van der Waals surface area contributed by atoms with Gasteiger partial charge in [-0.05, 0) is 26.2 Å². The highest BCUT2D eigenvalue weighted by atomic mass is 32.2. The van der Waals surface area contributed by atoms with E-state index >= 15 is 0 Å². The van der Waals surface area contributed by atoms with Gasteiger partial charge in [0.2, 0.25) is 5.91 Å². The van der Waals surface area contributed by atoms with Crippen LogP contribution in [0.2, 0.25) is 0 Å². The lowest BCUT2D eigenvalue weighted by molar-refractivity contribution is -0.115. The van der Waals surface area contributed by atoms with Crippen molar-refractivity contribution in [2.24, 2.45) is 0 Å². The number of anilines is 1. The molecule has 1 aliphatic rings. The standard InChI is InChI=1S/C14H22N2OS2/c1-3-12(19-11-7-5-4-6-8-11)13(17)16-14-15-10(2)9-18-14/h9,11-12H,3-8H2,1-2H3,(H,15,16,17). The Balaban J connectivity index is 1.87. The Morgan fingerprint density at radius 3 is 2.84 bits per heavy atom. The molecule has 0 spiro atoms. The summed E-state index contributed by atoms with van der Waals surface area (Å²) in [5.41, 5.74) is 0.966. The van der Waals surface area contributed by atoms with E-state index in [0.29, 0.717) is 5.25 Å². The van der Waals surface area contributed by atoms with Crippen LogP contribution in [-0.4, -0.2) is 21.4 Å². The van der Waals surface area contributed by atoms with E-state index in [1.54, 1.807) is 0 Å². The number of hydrogen-bond donors (Lipinski definition) is 1. The second-order valence-corrected chi connectivity index (χ2v) is 7.44. The van der Waals surface area contributed by atoms with Crippen LogP contribution in [0.15, 0.2) is 5.38 Å². The van der Waals surface area contributed by atoms with Crippen molar-refractivity contribution in [3.8, 4) is 0 Å². The number of rotatable bonds is 5. The molecule has 1 N–H and O–H groups in total. The van der Waals surface area contributed by atoms with E-state index in [9.17, 15) is 4.79 Å². The van der Waals surface area contributed by atoms with Crippen molar-refractivity contribution >= 4 is 34.1 Å². The molecule has 1 atom stereocenters. The van der Waals surface area contributed by atoms with Crippen molar-refractivity contribution < 1.29 is 4.79 Å². The molecular weight excluding hydrogens is 276 g/mol. The smallest absolute Gasteiger partial charge is 0.239 e. The average Bonchev–Trinajstić information content (AvgIpc) is 2.82. The van der Waals surface area contributed by atoms with E-state index in [1.807, 2.05) is 24.1 Å². The first-order valence-electron chi connectivity index (χ1n) is 7.07. The molecule has 0 aliphatic heterocycles. The Kier molecular flexibility index (Phi) is 5.70. The molecule has 1 heterocycles. The first-order valence-corrected chi connectivity index (χ1v) is 8.89. The predicted molar refractivity (Wildman–Crippen MR) is 84.0 cm³/mol. The number of hydrogen-bond acceptors (Lipinski definition) is 4. The van der Waals surface area contributed by atoms with Crippen LogP contribution >= 0.6 is 23.1 Å². The molecule has 2 rings (SSSR count). The van der Waals surface area contributed by atoms with Gasteiger partial charge in [-0.1, -0.05) is 26.2 Å². The zero-order valence-corrected chi connectivity index (χ0v) is 13.3. The molecule has 1 saturated carbocycles. The Labute approximate surface area is 123 Å². The van der Waals surface area contributed by atoms with Crippen LogP contribution in [0.4, 0.5) is 5.13 Å². The SMILES string of the molecule is CCC(SC1CCCCC1)C(=O)Nc1nc(C)cs1. The molecule has 1 amide bonds. The number of thioether (sulfide) groups is 1. The molecule has 1 unspecified atom stereocenters. The number of nitrogens with zero attached hydrogens (tertiary/aromatic N) is 1. The normalized spacial score (nSPS) is 18.2. The van der Waals surface area contributed by atoms with Gasteiger partial charge in [-0.15, -0.1) is 23.1 Å². The van der Waals surface area contributed by atoms with E-state index in [-0.39, 0.29) is 11.2 Å². The topological polar surface area (TPSA) is 42.0 Å². The number of carbonyl (C=O) groups excluding carboxylic acids is 1. The number of nitrogens with one attached hydrogen (secondary N) is 1. The molecule has 19 heavy (non-hydrogen) atoms. The third kappa shape index (κ3) is 4.49. The number of carbonyl (C=O) groups is 1. The second kappa shape index (κ2) is 7.29. The van der Waals surface area contributed by atoms with Crippen LogP contribution in [-0.2, 0) is 4.79 Å². The minimum absolute atomic E-state index is 0.0623.